The first-order valence-electron chi connectivity index (χ1n) is 9.63. The summed E-state index contributed by atoms with van der Waals surface area (Å²) in [6.45, 7) is 4.62. The Kier molecular flexibility index (Phi) is 6.64. The maximum absolute atomic E-state index is 12.4. The number of amides is 1. The van der Waals surface area contributed by atoms with Crippen molar-refractivity contribution in [1.82, 2.24) is 18.7 Å². The molecular weight excluding hydrogens is 422 g/mol. The van der Waals surface area contributed by atoms with Gasteiger partial charge in [-0.15, -0.1) is 0 Å². The molecule has 1 aromatic carbocycles. The van der Waals surface area contributed by atoms with Crippen LogP contribution in [0.3, 0.4) is 0 Å². The van der Waals surface area contributed by atoms with E-state index in [4.69, 9.17) is 4.74 Å². The monoisotopic (exact) mass is 445 g/mol. The molecule has 11 heteroatoms. The topological polar surface area (TPSA) is 117 Å². The first kappa shape index (κ1) is 22.3. The number of hydrogen-bond donors (Lipinski definition) is 1. The van der Waals surface area contributed by atoms with Gasteiger partial charge in [0, 0.05) is 26.7 Å². The molecule has 0 atom stereocenters. The van der Waals surface area contributed by atoms with Crippen LogP contribution in [0, 0.1) is 0 Å². The number of carbonyl (C=O) groups excluding carboxylic acids is 2. The number of benzene rings is 1. The van der Waals surface area contributed by atoms with E-state index in [1.807, 2.05) is 11.5 Å². The highest BCUT2D eigenvalue weighted by Crippen LogP contribution is 2.25. The van der Waals surface area contributed by atoms with E-state index in [-0.39, 0.29) is 24.1 Å². The van der Waals surface area contributed by atoms with Crippen LogP contribution in [0.4, 0.5) is 5.82 Å². The van der Waals surface area contributed by atoms with Gasteiger partial charge in [-0.05, 0) is 32.0 Å². The van der Waals surface area contributed by atoms with E-state index in [0.29, 0.717) is 22.8 Å². The van der Waals surface area contributed by atoms with Gasteiger partial charge in [0.1, 0.15) is 5.82 Å². The van der Waals surface area contributed by atoms with Crippen LogP contribution in [-0.4, -0.2) is 42.9 Å². The van der Waals surface area contributed by atoms with Crippen LogP contribution in [0.1, 0.15) is 24.2 Å². The summed E-state index contributed by atoms with van der Waals surface area (Å²) in [6, 6.07) is 6.35. The molecule has 0 saturated carbocycles. The van der Waals surface area contributed by atoms with Crippen LogP contribution in [0.15, 0.2) is 39.0 Å². The molecule has 0 radical (unpaired) electrons. The molecule has 10 nitrogen and oxygen atoms in total. The Bertz CT molecular complexity index is 1270. The fourth-order valence-corrected chi connectivity index (χ4v) is 3.91. The number of rotatable bonds is 7. The number of aromatic nitrogens is 4. The number of aryl methyl sites for hydroxylation is 1. The van der Waals surface area contributed by atoms with Crippen LogP contribution in [0.25, 0.3) is 11.0 Å². The van der Waals surface area contributed by atoms with Gasteiger partial charge < -0.3 is 14.6 Å². The highest BCUT2D eigenvalue weighted by atomic mass is 32.2. The molecule has 3 aromatic rings. The van der Waals surface area contributed by atoms with Crippen molar-refractivity contribution in [2.24, 2.45) is 14.1 Å². The lowest BCUT2D eigenvalue weighted by Gasteiger charge is -2.10. The summed E-state index contributed by atoms with van der Waals surface area (Å²) in [4.78, 5) is 52.8. The predicted octanol–water partition coefficient (Wildman–Crippen LogP) is 1.36. The van der Waals surface area contributed by atoms with Gasteiger partial charge in [-0.3, -0.25) is 18.7 Å². The van der Waals surface area contributed by atoms with Crippen molar-refractivity contribution in [2.75, 3.05) is 17.7 Å². The van der Waals surface area contributed by atoms with Crippen molar-refractivity contribution in [1.29, 1.82) is 0 Å². The minimum Gasteiger partial charge on any atom is -0.462 e. The molecular formula is C20H23N5O5S. The molecule has 0 unspecified atom stereocenters. The average molecular weight is 446 g/mol. The van der Waals surface area contributed by atoms with Crippen molar-refractivity contribution < 1.29 is 14.3 Å². The lowest BCUT2D eigenvalue weighted by Crippen LogP contribution is -2.38. The Morgan fingerprint density at radius 1 is 1.13 bits per heavy atom. The summed E-state index contributed by atoms with van der Waals surface area (Å²) in [7, 11) is 2.84. The molecule has 0 aliphatic rings. The maximum Gasteiger partial charge on any atom is 0.338 e. The normalized spacial score (nSPS) is 11.0. The van der Waals surface area contributed by atoms with Crippen LogP contribution >= 0.6 is 11.8 Å². The molecule has 2 heterocycles. The molecule has 31 heavy (non-hydrogen) atoms. The highest BCUT2D eigenvalue weighted by Gasteiger charge is 2.16. The molecule has 3 rings (SSSR count). The zero-order valence-corrected chi connectivity index (χ0v) is 18.5. The van der Waals surface area contributed by atoms with Crippen molar-refractivity contribution in [3.63, 3.8) is 0 Å². The number of thioether (sulfide) groups is 1. The van der Waals surface area contributed by atoms with Crippen molar-refractivity contribution in [3.8, 4) is 0 Å². The SMILES string of the molecule is CCOC(=O)c1ccc2c(c1)nc(SCC(=O)Nc1cc(=O)n(C)c(=O)n1C)n2CC. The van der Waals surface area contributed by atoms with Gasteiger partial charge >= 0.3 is 11.7 Å². The molecule has 0 aliphatic carbocycles. The lowest BCUT2D eigenvalue weighted by molar-refractivity contribution is -0.113. The van der Waals surface area contributed by atoms with Gasteiger partial charge in [-0.2, -0.15) is 0 Å². The number of imidazole rings is 1. The second kappa shape index (κ2) is 9.21. The van der Waals surface area contributed by atoms with E-state index in [2.05, 4.69) is 10.3 Å². The first-order valence-corrected chi connectivity index (χ1v) is 10.6. The van der Waals surface area contributed by atoms with Crippen molar-refractivity contribution in [2.45, 2.75) is 25.5 Å². The average Bonchev–Trinajstić information content (AvgIpc) is 3.11. The Labute approximate surface area is 181 Å². The van der Waals surface area contributed by atoms with Crippen LogP contribution in [0.2, 0.25) is 0 Å². The molecule has 0 spiro atoms. The number of nitrogens with one attached hydrogen (secondary N) is 1. The van der Waals surface area contributed by atoms with Gasteiger partial charge in [-0.1, -0.05) is 11.8 Å². The fourth-order valence-electron chi connectivity index (χ4n) is 3.03. The summed E-state index contributed by atoms with van der Waals surface area (Å²) in [6.07, 6.45) is 0. The number of carbonyl (C=O) groups is 2. The largest absolute Gasteiger partial charge is 0.462 e. The molecule has 0 aliphatic heterocycles. The summed E-state index contributed by atoms with van der Waals surface area (Å²) in [5.41, 5.74) is 0.851. The zero-order chi connectivity index (χ0) is 22.7. The number of hydrogen-bond acceptors (Lipinski definition) is 7. The van der Waals surface area contributed by atoms with Crippen LogP contribution in [0.5, 0.6) is 0 Å². The molecule has 0 fully saturated rings. The molecule has 1 N–H and O–H groups in total. The fraction of sp³-hybridized carbons (Fsp3) is 0.350. The number of anilines is 1. The number of fused-ring (bicyclic) bond motifs is 1. The quantitative estimate of drug-likeness (QED) is 0.431. The molecule has 164 valence electrons. The Morgan fingerprint density at radius 2 is 1.87 bits per heavy atom. The Hall–Kier alpha value is -3.34. The molecule has 1 amide bonds. The van der Waals surface area contributed by atoms with Crippen molar-refractivity contribution >= 4 is 40.5 Å². The second-order valence-corrected chi connectivity index (χ2v) is 7.61. The van der Waals surface area contributed by atoms with Gasteiger partial charge in [0.05, 0.1) is 29.0 Å². The summed E-state index contributed by atoms with van der Waals surface area (Å²) < 4.78 is 9.12. The molecule has 0 bridgehead atoms. The predicted molar refractivity (Wildman–Crippen MR) is 118 cm³/mol. The Balaban J connectivity index is 1.79. The van der Waals surface area contributed by atoms with Crippen molar-refractivity contribution in [3.05, 3.63) is 50.7 Å². The minimum absolute atomic E-state index is 0.0253. The number of nitrogens with zero attached hydrogens (tertiary/aromatic N) is 4. The van der Waals surface area contributed by atoms with E-state index in [0.717, 1.165) is 10.1 Å². The molecule has 0 saturated heterocycles. The van der Waals surface area contributed by atoms with E-state index < -0.39 is 17.2 Å². The zero-order valence-electron chi connectivity index (χ0n) is 17.7. The summed E-state index contributed by atoms with van der Waals surface area (Å²) in [5.74, 6) is -0.641. The van der Waals surface area contributed by atoms with E-state index in [9.17, 15) is 19.2 Å². The number of ether oxygens (including phenoxy) is 1. The van der Waals surface area contributed by atoms with E-state index >= 15 is 0 Å². The third kappa shape index (κ3) is 4.55. The van der Waals surface area contributed by atoms with Crippen LogP contribution in [-0.2, 0) is 30.2 Å². The summed E-state index contributed by atoms with van der Waals surface area (Å²) in [5, 5.41) is 3.21. The maximum atomic E-state index is 12.4. The number of esters is 1. The third-order valence-electron chi connectivity index (χ3n) is 4.67. The van der Waals surface area contributed by atoms with Crippen LogP contribution < -0.4 is 16.6 Å². The highest BCUT2D eigenvalue weighted by molar-refractivity contribution is 7.99. The Morgan fingerprint density at radius 3 is 2.55 bits per heavy atom. The van der Waals surface area contributed by atoms with Gasteiger partial charge in [-0.25, -0.2) is 14.6 Å². The third-order valence-corrected chi connectivity index (χ3v) is 5.64. The summed E-state index contributed by atoms with van der Waals surface area (Å²) >= 11 is 1.22. The van der Waals surface area contributed by atoms with Gasteiger partial charge in [0.25, 0.3) is 5.56 Å². The smallest absolute Gasteiger partial charge is 0.338 e. The molecule has 2 aromatic heterocycles. The first-order chi connectivity index (χ1) is 14.8. The van der Waals surface area contributed by atoms with Gasteiger partial charge in [0.15, 0.2) is 5.16 Å². The minimum atomic E-state index is -0.527. The standard InChI is InChI=1S/C20H23N5O5S/c1-5-25-14-8-7-12(18(28)30-6-2)9-13(14)21-19(25)31-11-16(26)22-15-10-17(27)24(4)20(29)23(15)3/h7-10H,5-6,11H2,1-4H3,(H,22,26). The van der Waals surface area contributed by atoms with E-state index in [1.165, 1.54) is 36.5 Å². The second-order valence-electron chi connectivity index (χ2n) is 6.67. The van der Waals surface area contributed by atoms with E-state index in [1.54, 1.807) is 25.1 Å². The lowest BCUT2D eigenvalue weighted by atomic mass is 10.2. The van der Waals surface area contributed by atoms with Gasteiger partial charge in [0.2, 0.25) is 5.91 Å².